The normalized spacial score (nSPS) is 17.9. The zero-order valence-electron chi connectivity index (χ0n) is 12.1. The lowest BCUT2D eigenvalue weighted by atomic mass is 9.74. The van der Waals surface area contributed by atoms with Crippen LogP contribution in [-0.4, -0.2) is 27.9 Å². The van der Waals surface area contributed by atoms with E-state index in [9.17, 15) is 9.90 Å². The summed E-state index contributed by atoms with van der Waals surface area (Å²) in [4.78, 5) is 11.8. The van der Waals surface area contributed by atoms with Gasteiger partial charge in [0, 0.05) is 7.11 Å². The molecule has 102 valence electrons. The van der Waals surface area contributed by atoms with Crippen LogP contribution in [0.5, 0.6) is 0 Å². The van der Waals surface area contributed by atoms with Crippen LogP contribution in [0.3, 0.4) is 0 Å². The number of carboxylic acid groups (broad SMARTS) is 1. The maximum Gasteiger partial charge on any atom is 0.309 e. The highest BCUT2D eigenvalue weighted by atomic mass is 28.2. The number of aliphatic carboxylic acids is 1. The van der Waals surface area contributed by atoms with E-state index in [0.717, 1.165) is 12.8 Å². The van der Waals surface area contributed by atoms with Gasteiger partial charge in [-0.05, 0) is 24.2 Å². The fraction of sp³-hybridized carbons (Fsp3) is 0.923. The highest BCUT2D eigenvalue weighted by molar-refractivity contribution is 6.40. The standard InChI is InChI=1S/C13H28O3Si/c1-7-8-11(9(2)3)13(10(4)5,12(14)15)17-16-6/h9-11H,7-8,17H2,1-6H3,(H,14,15). The number of carbonyl (C=O) groups is 1. The molecule has 2 atom stereocenters. The first kappa shape index (κ1) is 16.6. The maximum atomic E-state index is 11.8. The molecule has 0 rings (SSSR count). The third-order valence-electron chi connectivity index (χ3n) is 3.88. The summed E-state index contributed by atoms with van der Waals surface area (Å²) in [6.07, 6.45) is 2.00. The largest absolute Gasteiger partial charge is 0.481 e. The Morgan fingerprint density at radius 1 is 1.35 bits per heavy atom. The summed E-state index contributed by atoms with van der Waals surface area (Å²) in [5.74, 6) is 0.0754. The van der Waals surface area contributed by atoms with E-state index >= 15 is 0 Å². The second kappa shape index (κ2) is 7.16. The lowest BCUT2D eigenvalue weighted by Gasteiger charge is -2.41. The molecule has 3 nitrogen and oxygen atoms in total. The van der Waals surface area contributed by atoms with Crippen LogP contribution in [0.4, 0.5) is 0 Å². The van der Waals surface area contributed by atoms with Crippen molar-refractivity contribution >= 4 is 15.7 Å². The van der Waals surface area contributed by atoms with Crippen LogP contribution in [0.2, 0.25) is 5.04 Å². The van der Waals surface area contributed by atoms with Crippen LogP contribution in [0.15, 0.2) is 0 Å². The summed E-state index contributed by atoms with van der Waals surface area (Å²) in [6, 6.07) is 0. The summed E-state index contributed by atoms with van der Waals surface area (Å²) < 4.78 is 5.37. The highest BCUT2D eigenvalue weighted by Crippen LogP contribution is 2.48. The quantitative estimate of drug-likeness (QED) is 0.683. The van der Waals surface area contributed by atoms with Gasteiger partial charge in [-0.3, -0.25) is 4.79 Å². The number of hydrogen-bond donors (Lipinski definition) is 1. The molecule has 1 N–H and O–H groups in total. The molecule has 0 radical (unpaired) electrons. The van der Waals surface area contributed by atoms with Gasteiger partial charge in [0.25, 0.3) is 0 Å². The summed E-state index contributed by atoms with van der Waals surface area (Å²) in [6.45, 7) is 10.4. The predicted octanol–water partition coefficient (Wildman–Crippen LogP) is 2.69. The van der Waals surface area contributed by atoms with E-state index in [1.165, 1.54) is 0 Å². The van der Waals surface area contributed by atoms with Crippen molar-refractivity contribution in [2.24, 2.45) is 17.8 Å². The lowest BCUT2D eigenvalue weighted by Crippen LogP contribution is -2.44. The van der Waals surface area contributed by atoms with Crippen molar-refractivity contribution in [1.29, 1.82) is 0 Å². The van der Waals surface area contributed by atoms with Gasteiger partial charge < -0.3 is 9.53 Å². The Labute approximate surface area is 108 Å². The van der Waals surface area contributed by atoms with Gasteiger partial charge in [-0.1, -0.05) is 41.0 Å². The van der Waals surface area contributed by atoms with E-state index in [0.29, 0.717) is 5.92 Å². The first-order chi connectivity index (χ1) is 7.84. The van der Waals surface area contributed by atoms with E-state index in [4.69, 9.17) is 4.43 Å². The van der Waals surface area contributed by atoms with Gasteiger partial charge in [-0.2, -0.15) is 0 Å². The fourth-order valence-corrected chi connectivity index (χ4v) is 4.73. The Bertz CT molecular complexity index is 241. The van der Waals surface area contributed by atoms with Gasteiger partial charge in [-0.15, -0.1) is 0 Å². The summed E-state index contributed by atoms with van der Waals surface area (Å²) >= 11 is 0. The molecule has 0 bridgehead atoms. The van der Waals surface area contributed by atoms with Crippen LogP contribution in [-0.2, 0) is 9.22 Å². The zero-order chi connectivity index (χ0) is 13.6. The van der Waals surface area contributed by atoms with Gasteiger partial charge in [0.2, 0.25) is 0 Å². The first-order valence-corrected chi connectivity index (χ1v) is 7.85. The van der Waals surface area contributed by atoms with Gasteiger partial charge in [0.15, 0.2) is 9.76 Å². The molecule has 0 fully saturated rings. The molecule has 0 aliphatic carbocycles. The average molecular weight is 260 g/mol. The Balaban J connectivity index is 5.42. The van der Waals surface area contributed by atoms with Crippen LogP contribution in [0.1, 0.15) is 47.5 Å². The topological polar surface area (TPSA) is 46.5 Å². The Kier molecular flexibility index (Phi) is 7.01. The molecule has 0 aromatic heterocycles. The third-order valence-corrected chi connectivity index (χ3v) is 6.29. The summed E-state index contributed by atoms with van der Waals surface area (Å²) in [5, 5.41) is 9.10. The first-order valence-electron chi connectivity index (χ1n) is 6.56. The molecule has 0 aromatic rings. The SMILES string of the molecule is CCCC(C(C)C)C([SiH2]OC)(C(=O)O)C(C)C. The minimum absolute atomic E-state index is 0.130. The second-order valence-corrected chi connectivity index (χ2v) is 7.61. The maximum absolute atomic E-state index is 11.8. The van der Waals surface area contributed by atoms with Crippen LogP contribution >= 0.6 is 0 Å². The van der Waals surface area contributed by atoms with E-state index in [2.05, 4.69) is 20.8 Å². The number of carboxylic acids is 1. The molecule has 0 aromatic carbocycles. The zero-order valence-corrected chi connectivity index (χ0v) is 13.5. The van der Waals surface area contributed by atoms with Crippen molar-refractivity contribution in [2.45, 2.75) is 52.5 Å². The molecular formula is C13H28O3Si. The Hall–Kier alpha value is -0.353. The number of hydrogen-bond acceptors (Lipinski definition) is 2. The molecule has 0 amide bonds. The number of rotatable bonds is 8. The van der Waals surface area contributed by atoms with Crippen LogP contribution < -0.4 is 0 Å². The predicted molar refractivity (Wildman–Crippen MR) is 74.0 cm³/mol. The van der Waals surface area contributed by atoms with Gasteiger partial charge in [-0.25, -0.2) is 0 Å². The van der Waals surface area contributed by atoms with Gasteiger partial charge in [0.1, 0.15) is 0 Å². The Morgan fingerprint density at radius 2 is 1.88 bits per heavy atom. The van der Waals surface area contributed by atoms with Crippen molar-refractivity contribution < 1.29 is 14.3 Å². The minimum atomic E-state index is -1.08. The molecule has 17 heavy (non-hydrogen) atoms. The van der Waals surface area contributed by atoms with Crippen molar-refractivity contribution in [1.82, 2.24) is 0 Å². The van der Waals surface area contributed by atoms with Crippen molar-refractivity contribution in [2.75, 3.05) is 7.11 Å². The molecule has 0 saturated heterocycles. The fourth-order valence-electron chi connectivity index (χ4n) is 2.90. The second-order valence-electron chi connectivity index (χ2n) is 5.57. The molecule has 0 heterocycles. The minimum Gasteiger partial charge on any atom is -0.481 e. The van der Waals surface area contributed by atoms with E-state index in [-0.39, 0.29) is 11.8 Å². The summed E-state index contributed by atoms with van der Waals surface area (Å²) in [7, 11) is 0.572. The van der Waals surface area contributed by atoms with Gasteiger partial charge >= 0.3 is 5.97 Å². The van der Waals surface area contributed by atoms with Crippen molar-refractivity contribution in [3.8, 4) is 0 Å². The van der Waals surface area contributed by atoms with Crippen molar-refractivity contribution in [3.63, 3.8) is 0 Å². The van der Waals surface area contributed by atoms with Crippen LogP contribution in [0, 0.1) is 17.8 Å². The Morgan fingerprint density at radius 3 is 2.12 bits per heavy atom. The summed E-state index contributed by atoms with van der Waals surface area (Å²) in [5.41, 5.74) is 0. The smallest absolute Gasteiger partial charge is 0.309 e. The van der Waals surface area contributed by atoms with E-state index in [1.54, 1.807) is 7.11 Å². The van der Waals surface area contributed by atoms with E-state index in [1.807, 2.05) is 13.8 Å². The monoisotopic (exact) mass is 260 g/mol. The highest BCUT2D eigenvalue weighted by Gasteiger charge is 2.49. The average Bonchev–Trinajstić information content (AvgIpc) is 2.21. The molecule has 0 saturated carbocycles. The molecular weight excluding hydrogens is 232 g/mol. The molecule has 4 heteroatoms. The molecule has 0 spiro atoms. The third kappa shape index (κ3) is 3.55. The van der Waals surface area contributed by atoms with E-state index < -0.39 is 20.8 Å². The molecule has 0 aliphatic rings. The van der Waals surface area contributed by atoms with Crippen LogP contribution in [0.25, 0.3) is 0 Å². The van der Waals surface area contributed by atoms with Crippen molar-refractivity contribution in [3.05, 3.63) is 0 Å². The lowest BCUT2D eigenvalue weighted by molar-refractivity contribution is -0.145. The molecule has 0 aliphatic heterocycles. The van der Waals surface area contributed by atoms with Gasteiger partial charge in [0.05, 0.1) is 5.04 Å². The molecule has 2 unspecified atom stereocenters.